The monoisotopic (exact) mass is 218 g/mol. The number of nitrogens with zero attached hydrogens (tertiary/aromatic N) is 1. The molecular weight excluding hydrogens is 208 g/mol. The zero-order chi connectivity index (χ0) is 10.7. The van der Waals surface area contributed by atoms with Crippen molar-refractivity contribution in [3.05, 3.63) is 53.3 Å². The van der Waals surface area contributed by atoms with E-state index in [0.29, 0.717) is 5.15 Å². The number of hydrogen-bond acceptors (Lipinski definition) is 2. The van der Waals surface area contributed by atoms with Gasteiger partial charge in [-0.05, 0) is 25.1 Å². The van der Waals surface area contributed by atoms with E-state index in [1.165, 1.54) is 0 Å². The molecule has 0 spiro atoms. The minimum absolute atomic E-state index is 0.538. The average Bonchev–Trinajstić information content (AvgIpc) is 2.26. The van der Waals surface area contributed by atoms with E-state index in [4.69, 9.17) is 11.6 Å². The molecule has 0 amide bonds. The van der Waals surface area contributed by atoms with Crippen molar-refractivity contribution in [3.63, 3.8) is 0 Å². The Morgan fingerprint density at radius 1 is 1.13 bits per heavy atom. The van der Waals surface area contributed by atoms with Crippen LogP contribution in [0.5, 0.6) is 0 Å². The number of hydrogen-bond donors (Lipinski definition) is 1. The van der Waals surface area contributed by atoms with Gasteiger partial charge in [0.25, 0.3) is 0 Å². The van der Waals surface area contributed by atoms with Crippen molar-refractivity contribution >= 4 is 23.0 Å². The highest BCUT2D eigenvalue weighted by atomic mass is 35.5. The SMILES string of the molecule is Cc1c(Nc2ccccc2)ccnc1Cl. The lowest BCUT2D eigenvalue weighted by Gasteiger charge is -2.09. The fourth-order valence-electron chi connectivity index (χ4n) is 1.32. The van der Waals surface area contributed by atoms with Gasteiger partial charge in [0, 0.05) is 23.1 Å². The zero-order valence-electron chi connectivity index (χ0n) is 8.37. The van der Waals surface area contributed by atoms with Gasteiger partial charge in [-0.2, -0.15) is 0 Å². The molecule has 0 atom stereocenters. The standard InChI is InChI=1S/C12H11ClN2/c1-9-11(7-8-14-12(9)13)15-10-5-3-2-4-6-10/h2-8H,1H3,(H,14,15). The van der Waals surface area contributed by atoms with E-state index in [1.54, 1.807) is 6.20 Å². The molecular formula is C12H11ClN2. The summed E-state index contributed by atoms with van der Waals surface area (Å²) in [7, 11) is 0. The van der Waals surface area contributed by atoms with Crippen molar-refractivity contribution in [1.29, 1.82) is 0 Å². The maximum atomic E-state index is 5.93. The van der Waals surface area contributed by atoms with Crippen LogP contribution in [-0.4, -0.2) is 4.98 Å². The van der Waals surface area contributed by atoms with Gasteiger partial charge in [-0.25, -0.2) is 4.98 Å². The largest absolute Gasteiger partial charge is 0.355 e. The van der Waals surface area contributed by atoms with Gasteiger partial charge in [0.05, 0.1) is 0 Å². The molecule has 1 aromatic carbocycles. The lowest BCUT2D eigenvalue weighted by atomic mass is 10.2. The molecule has 0 aliphatic carbocycles. The molecule has 0 fully saturated rings. The third-order valence-electron chi connectivity index (χ3n) is 2.20. The number of anilines is 2. The summed E-state index contributed by atoms with van der Waals surface area (Å²) in [6.07, 6.45) is 1.70. The fraction of sp³-hybridized carbons (Fsp3) is 0.0833. The second-order valence-corrected chi connectivity index (χ2v) is 3.62. The smallest absolute Gasteiger partial charge is 0.133 e. The third-order valence-corrected chi connectivity index (χ3v) is 2.58. The van der Waals surface area contributed by atoms with Crippen LogP contribution in [-0.2, 0) is 0 Å². The van der Waals surface area contributed by atoms with Gasteiger partial charge in [-0.15, -0.1) is 0 Å². The summed E-state index contributed by atoms with van der Waals surface area (Å²) in [5.74, 6) is 0. The Kier molecular flexibility index (Phi) is 2.88. The summed E-state index contributed by atoms with van der Waals surface area (Å²) in [5.41, 5.74) is 2.99. The zero-order valence-corrected chi connectivity index (χ0v) is 9.12. The third kappa shape index (κ3) is 2.28. The molecule has 2 rings (SSSR count). The van der Waals surface area contributed by atoms with Gasteiger partial charge in [-0.3, -0.25) is 0 Å². The average molecular weight is 219 g/mol. The number of aromatic nitrogens is 1. The summed E-state index contributed by atoms with van der Waals surface area (Å²) < 4.78 is 0. The van der Waals surface area contributed by atoms with E-state index in [1.807, 2.05) is 43.3 Å². The minimum Gasteiger partial charge on any atom is -0.355 e. The van der Waals surface area contributed by atoms with Crippen molar-refractivity contribution in [2.45, 2.75) is 6.92 Å². The second kappa shape index (κ2) is 4.32. The predicted molar refractivity (Wildman–Crippen MR) is 63.7 cm³/mol. The Bertz CT molecular complexity index is 454. The summed E-state index contributed by atoms with van der Waals surface area (Å²) in [6.45, 7) is 1.95. The van der Waals surface area contributed by atoms with Gasteiger partial charge in [0.2, 0.25) is 0 Å². The predicted octanol–water partition coefficient (Wildman–Crippen LogP) is 3.79. The maximum Gasteiger partial charge on any atom is 0.133 e. The number of rotatable bonds is 2. The van der Waals surface area contributed by atoms with Crippen LogP contribution in [0.4, 0.5) is 11.4 Å². The number of nitrogens with one attached hydrogen (secondary N) is 1. The first kappa shape index (κ1) is 9.99. The van der Waals surface area contributed by atoms with Crippen LogP contribution in [0.2, 0.25) is 5.15 Å². The van der Waals surface area contributed by atoms with Crippen LogP contribution in [0.25, 0.3) is 0 Å². The molecule has 1 aromatic heterocycles. The van der Waals surface area contributed by atoms with Gasteiger partial charge < -0.3 is 5.32 Å². The fourth-order valence-corrected chi connectivity index (χ4v) is 1.48. The molecule has 0 unspecified atom stereocenters. The highest BCUT2D eigenvalue weighted by Crippen LogP contribution is 2.23. The Labute approximate surface area is 93.9 Å². The van der Waals surface area contributed by atoms with E-state index in [9.17, 15) is 0 Å². The normalized spacial score (nSPS) is 10.0. The molecule has 0 saturated heterocycles. The van der Waals surface area contributed by atoms with Crippen LogP contribution in [0.1, 0.15) is 5.56 Å². The molecule has 0 bridgehead atoms. The van der Waals surface area contributed by atoms with E-state index >= 15 is 0 Å². The number of benzene rings is 1. The van der Waals surface area contributed by atoms with E-state index in [0.717, 1.165) is 16.9 Å². The summed E-state index contributed by atoms with van der Waals surface area (Å²) in [4.78, 5) is 4.01. The topological polar surface area (TPSA) is 24.9 Å². The highest BCUT2D eigenvalue weighted by Gasteiger charge is 2.02. The van der Waals surface area contributed by atoms with E-state index in [2.05, 4.69) is 10.3 Å². The van der Waals surface area contributed by atoms with Crippen molar-refractivity contribution in [1.82, 2.24) is 4.98 Å². The van der Waals surface area contributed by atoms with Crippen LogP contribution in [0.3, 0.4) is 0 Å². The van der Waals surface area contributed by atoms with Crippen LogP contribution in [0.15, 0.2) is 42.6 Å². The van der Waals surface area contributed by atoms with Crippen LogP contribution in [0, 0.1) is 6.92 Å². The van der Waals surface area contributed by atoms with E-state index in [-0.39, 0.29) is 0 Å². The summed E-state index contributed by atoms with van der Waals surface area (Å²) in [6, 6.07) is 11.9. The molecule has 0 saturated carbocycles. The summed E-state index contributed by atoms with van der Waals surface area (Å²) >= 11 is 5.93. The first-order chi connectivity index (χ1) is 7.27. The minimum atomic E-state index is 0.538. The first-order valence-corrected chi connectivity index (χ1v) is 5.08. The first-order valence-electron chi connectivity index (χ1n) is 4.70. The van der Waals surface area contributed by atoms with Crippen molar-refractivity contribution < 1.29 is 0 Å². The van der Waals surface area contributed by atoms with Crippen molar-refractivity contribution in [2.75, 3.05) is 5.32 Å². The van der Waals surface area contributed by atoms with Gasteiger partial charge in [0.1, 0.15) is 5.15 Å². The van der Waals surface area contributed by atoms with Crippen molar-refractivity contribution in [3.8, 4) is 0 Å². The Morgan fingerprint density at radius 2 is 1.87 bits per heavy atom. The molecule has 2 nitrogen and oxygen atoms in total. The van der Waals surface area contributed by atoms with Crippen molar-refractivity contribution in [2.24, 2.45) is 0 Å². The molecule has 0 aliphatic rings. The summed E-state index contributed by atoms with van der Waals surface area (Å²) in [5, 5.41) is 3.83. The highest BCUT2D eigenvalue weighted by molar-refractivity contribution is 6.30. The van der Waals surface area contributed by atoms with Gasteiger partial charge >= 0.3 is 0 Å². The quantitative estimate of drug-likeness (QED) is 0.776. The molecule has 76 valence electrons. The molecule has 3 heteroatoms. The molecule has 2 aromatic rings. The van der Waals surface area contributed by atoms with Gasteiger partial charge in [-0.1, -0.05) is 29.8 Å². The Hall–Kier alpha value is -1.54. The number of pyridine rings is 1. The second-order valence-electron chi connectivity index (χ2n) is 3.27. The Balaban J connectivity index is 2.29. The molecule has 15 heavy (non-hydrogen) atoms. The lowest BCUT2D eigenvalue weighted by molar-refractivity contribution is 1.26. The van der Waals surface area contributed by atoms with Crippen LogP contribution < -0.4 is 5.32 Å². The molecule has 1 heterocycles. The van der Waals surface area contributed by atoms with E-state index < -0.39 is 0 Å². The Morgan fingerprint density at radius 3 is 2.60 bits per heavy atom. The number of halogens is 1. The van der Waals surface area contributed by atoms with Crippen LogP contribution >= 0.6 is 11.6 Å². The van der Waals surface area contributed by atoms with Gasteiger partial charge in [0.15, 0.2) is 0 Å². The lowest BCUT2D eigenvalue weighted by Crippen LogP contribution is -1.94. The maximum absolute atomic E-state index is 5.93. The molecule has 0 radical (unpaired) electrons. The molecule has 1 N–H and O–H groups in total. The molecule has 0 aliphatic heterocycles. The number of para-hydroxylation sites is 1.